The largest absolute Gasteiger partial charge is 0.356 e. The topological polar surface area (TPSA) is 85.6 Å². The predicted molar refractivity (Wildman–Crippen MR) is 149 cm³/mol. The van der Waals surface area contributed by atoms with Crippen LogP contribution in [0.25, 0.3) is 22.1 Å². The molecule has 3 heterocycles. The van der Waals surface area contributed by atoms with Gasteiger partial charge in [0.1, 0.15) is 5.52 Å². The maximum absolute atomic E-state index is 12.2. The molecule has 0 aliphatic rings. The zero-order valence-corrected chi connectivity index (χ0v) is 22.1. The van der Waals surface area contributed by atoms with Crippen LogP contribution in [0.3, 0.4) is 0 Å². The highest BCUT2D eigenvalue weighted by atomic mass is 35.5. The van der Waals surface area contributed by atoms with E-state index in [0.717, 1.165) is 57.5 Å². The lowest BCUT2D eigenvalue weighted by atomic mass is 10.1. The lowest BCUT2D eigenvalue weighted by Crippen LogP contribution is -2.25. The molecular weight excluding hydrogens is 504 g/mol. The minimum Gasteiger partial charge on any atom is -0.356 e. The number of hydrogen-bond donors (Lipinski definition) is 1. The maximum Gasteiger partial charge on any atom is 0.220 e. The van der Waals surface area contributed by atoms with Crippen molar-refractivity contribution >= 4 is 51.3 Å². The maximum atomic E-state index is 12.2. The molecule has 0 bridgehead atoms. The first-order valence-electron chi connectivity index (χ1n) is 12.2. The van der Waals surface area contributed by atoms with Crippen molar-refractivity contribution in [2.75, 3.05) is 12.3 Å². The number of hydrogen-bond acceptors (Lipinski definition) is 6. The number of fused-ring (bicyclic) bond motifs is 3. The van der Waals surface area contributed by atoms with Crippen molar-refractivity contribution in [2.24, 2.45) is 0 Å². The molecule has 5 rings (SSSR count). The Balaban J connectivity index is 1.24. The number of pyridine rings is 1. The van der Waals surface area contributed by atoms with Gasteiger partial charge in [-0.3, -0.25) is 9.78 Å². The van der Waals surface area contributed by atoms with Crippen LogP contribution in [0.4, 0.5) is 0 Å². The second-order valence-corrected chi connectivity index (χ2v) is 10.4. The third-order valence-electron chi connectivity index (χ3n) is 6.04. The third kappa shape index (κ3) is 6.26. The number of aromatic nitrogens is 5. The molecule has 0 spiro atoms. The van der Waals surface area contributed by atoms with Gasteiger partial charge in [-0.25, -0.2) is 4.98 Å². The first kappa shape index (κ1) is 25.2. The van der Waals surface area contributed by atoms with E-state index in [-0.39, 0.29) is 5.91 Å². The van der Waals surface area contributed by atoms with Crippen molar-refractivity contribution in [3.63, 3.8) is 0 Å². The van der Waals surface area contributed by atoms with E-state index in [4.69, 9.17) is 16.6 Å². The first-order chi connectivity index (χ1) is 18.1. The van der Waals surface area contributed by atoms with Crippen LogP contribution < -0.4 is 5.32 Å². The Morgan fingerprint density at radius 3 is 2.84 bits per heavy atom. The van der Waals surface area contributed by atoms with Gasteiger partial charge < -0.3 is 9.88 Å². The number of nitrogens with zero attached hydrogens (tertiary/aromatic N) is 5. The molecule has 3 aromatic heterocycles. The Hall–Kier alpha value is -3.49. The van der Waals surface area contributed by atoms with E-state index in [1.54, 1.807) is 6.20 Å². The lowest BCUT2D eigenvalue weighted by Gasteiger charge is -2.08. The third-order valence-corrected chi connectivity index (χ3v) is 7.20. The molecule has 5 aromatic rings. The van der Waals surface area contributed by atoms with E-state index in [0.29, 0.717) is 29.7 Å². The summed E-state index contributed by atoms with van der Waals surface area (Å²) in [6, 6.07) is 20.0. The zero-order valence-electron chi connectivity index (χ0n) is 20.5. The number of carbonyl (C=O) groups is 1. The minimum atomic E-state index is 0.0445. The molecule has 0 unspecified atom stereocenters. The van der Waals surface area contributed by atoms with Crippen molar-refractivity contribution in [1.29, 1.82) is 0 Å². The number of thioether (sulfide) groups is 1. The van der Waals surface area contributed by atoms with Gasteiger partial charge in [0.15, 0.2) is 5.65 Å². The second kappa shape index (κ2) is 11.7. The number of aryl methyl sites for hydroxylation is 1. The quantitative estimate of drug-likeness (QED) is 0.186. The van der Waals surface area contributed by atoms with E-state index in [1.165, 1.54) is 11.8 Å². The lowest BCUT2D eigenvalue weighted by molar-refractivity contribution is -0.121. The Labute approximate surface area is 224 Å². The highest BCUT2D eigenvalue weighted by Crippen LogP contribution is 2.29. The number of carbonyl (C=O) groups excluding carboxylic acids is 1. The number of nitrogens with one attached hydrogen (secondary N) is 1. The fourth-order valence-electron chi connectivity index (χ4n) is 4.25. The van der Waals surface area contributed by atoms with Crippen molar-refractivity contribution in [1.82, 2.24) is 30.0 Å². The minimum absolute atomic E-state index is 0.0445. The first-order valence-corrected chi connectivity index (χ1v) is 13.6. The van der Waals surface area contributed by atoms with E-state index in [9.17, 15) is 4.79 Å². The summed E-state index contributed by atoms with van der Waals surface area (Å²) in [4.78, 5) is 21.3. The molecule has 0 saturated carbocycles. The van der Waals surface area contributed by atoms with Gasteiger partial charge in [-0.2, -0.15) is 0 Å². The normalized spacial score (nSPS) is 11.3. The molecule has 0 aliphatic carbocycles. The molecule has 9 heteroatoms. The fourth-order valence-corrected chi connectivity index (χ4v) is 5.19. The summed E-state index contributed by atoms with van der Waals surface area (Å²) in [5, 5.41) is 14.2. The van der Waals surface area contributed by atoms with E-state index in [1.807, 2.05) is 36.4 Å². The van der Waals surface area contributed by atoms with Gasteiger partial charge in [0, 0.05) is 54.0 Å². The van der Waals surface area contributed by atoms with Crippen molar-refractivity contribution < 1.29 is 4.79 Å². The average Bonchev–Trinajstić information content (AvgIpc) is 3.19. The molecule has 0 aliphatic heterocycles. The molecule has 0 atom stereocenters. The summed E-state index contributed by atoms with van der Waals surface area (Å²) in [6.07, 6.45) is 3.68. The number of benzene rings is 2. The molecule has 37 heavy (non-hydrogen) atoms. The molecule has 1 amide bonds. The SMILES string of the molecule is Cc1ccc2c(c1)c1nnc(SCCCC(=O)NCCc3ccccn3)nc1n2Cc1cccc(Cl)c1. The Bertz CT molecular complexity index is 1540. The van der Waals surface area contributed by atoms with E-state index in [2.05, 4.69) is 56.3 Å². The number of amides is 1. The molecule has 7 nitrogen and oxygen atoms in total. The van der Waals surface area contributed by atoms with Crippen LogP contribution in [0.5, 0.6) is 0 Å². The van der Waals surface area contributed by atoms with Gasteiger partial charge in [0.2, 0.25) is 11.1 Å². The van der Waals surface area contributed by atoms with Crippen molar-refractivity contribution in [3.05, 3.63) is 88.7 Å². The standard InChI is InChI=1S/C28H27ClN6OS/c1-19-10-11-24-23(16-19)26-27(35(24)18-20-6-4-7-21(29)17-20)32-28(34-33-26)37-15-5-9-25(36)31-14-12-22-8-2-3-13-30-22/h2-4,6-8,10-11,13,16-17H,5,9,12,14-15,18H2,1H3,(H,31,36). The van der Waals surface area contributed by atoms with Gasteiger partial charge >= 0.3 is 0 Å². The molecule has 0 saturated heterocycles. The summed E-state index contributed by atoms with van der Waals surface area (Å²) in [5.74, 6) is 0.775. The Morgan fingerprint density at radius 2 is 2.00 bits per heavy atom. The van der Waals surface area contributed by atoms with Crippen LogP contribution in [-0.4, -0.2) is 42.9 Å². The van der Waals surface area contributed by atoms with Gasteiger partial charge in [-0.05, 0) is 55.3 Å². The van der Waals surface area contributed by atoms with Gasteiger partial charge in [0.05, 0.1) is 5.52 Å². The number of halogens is 1. The predicted octanol–water partition coefficient (Wildman–Crippen LogP) is 5.62. The monoisotopic (exact) mass is 530 g/mol. The van der Waals surface area contributed by atoms with Crippen LogP contribution in [-0.2, 0) is 17.8 Å². The zero-order chi connectivity index (χ0) is 25.6. The highest BCUT2D eigenvalue weighted by Gasteiger charge is 2.16. The highest BCUT2D eigenvalue weighted by molar-refractivity contribution is 7.99. The average molecular weight is 531 g/mol. The Kier molecular flexibility index (Phi) is 7.96. The molecule has 0 radical (unpaired) electrons. The van der Waals surface area contributed by atoms with Crippen LogP contribution in [0, 0.1) is 6.92 Å². The van der Waals surface area contributed by atoms with Gasteiger partial charge in [-0.1, -0.05) is 53.2 Å². The van der Waals surface area contributed by atoms with Gasteiger partial charge in [-0.15, -0.1) is 10.2 Å². The van der Waals surface area contributed by atoms with Crippen LogP contribution >= 0.6 is 23.4 Å². The fraction of sp³-hybridized carbons (Fsp3) is 0.250. The summed E-state index contributed by atoms with van der Waals surface area (Å²) >= 11 is 7.75. The van der Waals surface area contributed by atoms with Crippen LogP contribution in [0.1, 0.15) is 29.7 Å². The second-order valence-electron chi connectivity index (χ2n) is 8.88. The van der Waals surface area contributed by atoms with Gasteiger partial charge in [0.25, 0.3) is 0 Å². The smallest absolute Gasteiger partial charge is 0.220 e. The summed E-state index contributed by atoms with van der Waals surface area (Å²) in [7, 11) is 0. The van der Waals surface area contributed by atoms with E-state index >= 15 is 0 Å². The molecule has 2 aromatic carbocycles. The van der Waals surface area contributed by atoms with E-state index < -0.39 is 0 Å². The van der Waals surface area contributed by atoms with Crippen molar-refractivity contribution in [3.8, 4) is 0 Å². The summed E-state index contributed by atoms with van der Waals surface area (Å²) in [6.45, 7) is 3.29. The molecule has 1 N–H and O–H groups in total. The van der Waals surface area contributed by atoms with Crippen LogP contribution in [0.2, 0.25) is 5.02 Å². The molecule has 188 valence electrons. The summed E-state index contributed by atoms with van der Waals surface area (Å²) in [5.41, 5.74) is 5.87. The van der Waals surface area contributed by atoms with Crippen molar-refractivity contribution in [2.45, 2.75) is 37.9 Å². The number of rotatable bonds is 10. The molecule has 0 fully saturated rings. The molecular formula is C28H27ClN6OS. The summed E-state index contributed by atoms with van der Waals surface area (Å²) < 4.78 is 2.17. The Morgan fingerprint density at radius 1 is 1.08 bits per heavy atom. The van der Waals surface area contributed by atoms with Crippen LogP contribution in [0.15, 0.2) is 72.0 Å².